The van der Waals surface area contributed by atoms with Gasteiger partial charge in [-0.3, -0.25) is 14.9 Å². The zero-order valence-corrected chi connectivity index (χ0v) is 14.7. The van der Waals surface area contributed by atoms with Crippen LogP contribution in [0.2, 0.25) is 0 Å². The van der Waals surface area contributed by atoms with E-state index in [2.05, 4.69) is 10.6 Å². The van der Waals surface area contributed by atoms with E-state index in [-0.39, 0.29) is 12.1 Å². The van der Waals surface area contributed by atoms with Crippen LogP contribution in [0.3, 0.4) is 0 Å². The number of carbonyl (C=O) groups excluding carboxylic acids is 2. The lowest BCUT2D eigenvalue weighted by Crippen LogP contribution is -2.49. The third-order valence-corrected chi connectivity index (χ3v) is 4.43. The van der Waals surface area contributed by atoms with Gasteiger partial charge in [-0.05, 0) is 31.2 Å². The number of imide groups is 1. The van der Waals surface area contributed by atoms with Gasteiger partial charge in [0.25, 0.3) is 11.5 Å². The minimum atomic E-state index is -1.51. The first-order valence-corrected chi connectivity index (χ1v) is 7.93. The number of rotatable bonds is 5. The summed E-state index contributed by atoms with van der Waals surface area (Å²) in [5, 5.41) is 4.91. The zero-order chi connectivity index (χ0) is 18.9. The molecular weight excluding hydrogens is 338 g/mol. The molecule has 8 heteroatoms. The largest absolute Gasteiger partial charge is 0.497 e. The van der Waals surface area contributed by atoms with Crippen LogP contribution in [0.4, 0.5) is 4.79 Å². The van der Waals surface area contributed by atoms with E-state index in [9.17, 15) is 14.4 Å². The maximum absolute atomic E-state index is 12.8. The number of pyridine rings is 1. The lowest BCUT2D eigenvalue weighted by Gasteiger charge is -2.29. The van der Waals surface area contributed by atoms with E-state index in [1.54, 1.807) is 43.5 Å². The Morgan fingerprint density at radius 2 is 1.88 bits per heavy atom. The van der Waals surface area contributed by atoms with Gasteiger partial charge in [0.05, 0.1) is 20.8 Å². The fourth-order valence-electron chi connectivity index (χ4n) is 3.06. The van der Waals surface area contributed by atoms with Crippen LogP contribution in [0.25, 0.3) is 0 Å². The Morgan fingerprint density at radius 1 is 1.12 bits per heavy atom. The van der Waals surface area contributed by atoms with Gasteiger partial charge < -0.3 is 19.4 Å². The highest BCUT2D eigenvalue weighted by atomic mass is 16.5. The fraction of sp³-hybridized carbons (Fsp3) is 0.278. The van der Waals surface area contributed by atoms with Crippen LogP contribution in [0, 0.1) is 6.92 Å². The molecule has 3 amide bonds. The number of carbonyl (C=O) groups is 2. The van der Waals surface area contributed by atoms with Gasteiger partial charge in [-0.1, -0.05) is 6.07 Å². The molecule has 0 spiro atoms. The Labute approximate surface area is 149 Å². The van der Waals surface area contributed by atoms with Gasteiger partial charge in [-0.25, -0.2) is 4.79 Å². The van der Waals surface area contributed by atoms with Gasteiger partial charge >= 0.3 is 6.03 Å². The third-order valence-electron chi connectivity index (χ3n) is 4.43. The summed E-state index contributed by atoms with van der Waals surface area (Å²) < 4.78 is 12.0. The Hall–Kier alpha value is -3.29. The zero-order valence-electron chi connectivity index (χ0n) is 14.7. The molecule has 0 saturated carbocycles. The van der Waals surface area contributed by atoms with Crippen LogP contribution in [-0.2, 0) is 16.9 Å². The molecular formula is C18H19N3O5. The average molecular weight is 357 g/mol. The fourth-order valence-corrected chi connectivity index (χ4v) is 3.06. The molecule has 0 aliphatic carbocycles. The van der Waals surface area contributed by atoms with Crippen molar-refractivity contribution in [3.05, 3.63) is 58.0 Å². The summed E-state index contributed by atoms with van der Waals surface area (Å²) in [6.45, 7) is 1.60. The number of hydrogen-bond acceptors (Lipinski definition) is 5. The van der Waals surface area contributed by atoms with E-state index in [0.717, 1.165) is 0 Å². The molecule has 0 bridgehead atoms. The van der Waals surface area contributed by atoms with Crippen molar-refractivity contribution < 1.29 is 19.1 Å². The molecule has 136 valence electrons. The van der Waals surface area contributed by atoms with Crippen LogP contribution < -0.4 is 25.7 Å². The number of methoxy groups -OCH3 is 2. The van der Waals surface area contributed by atoms with Crippen LogP contribution in [0.1, 0.15) is 11.1 Å². The summed E-state index contributed by atoms with van der Waals surface area (Å²) in [6.07, 6.45) is 1.57. The summed E-state index contributed by atoms with van der Waals surface area (Å²) in [5.74, 6) is 0.317. The molecule has 1 atom stereocenters. The van der Waals surface area contributed by atoms with Crippen molar-refractivity contribution >= 4 is 11.9 Å². The normalized spacial score (nSPS) is 19.0. The van der Waals surface area contributed by atoms with Crippen LogP contribution in [-0.4, -0.2) is 30.7 Å². The standard InChI is InChI=1S/C18H19N3O5/c1-11-5-4-8-21(15(11)22)10-18(16(23)19-17(24)20-18)13-9-12(25-2)6-7-14(13)26-3/h4-9H,10H2,1-3H3,(H2,19,20,23,24). The quantitative estimate of drug-likeness (QED) is 0.775. The Morgan fingerprint density at radius 3 is 2.50 bits per heavy atom. The molecule has 2 heterocycles. The SMILES string of the molecule is COc1ccc(OC)c(C2(Cn3cccc(C)c3=O)NC(=O)NC2=O)c1. The molecule has 1 unspecified atom stereocenters. The number of aryl methyl sites for hydroxylation is 1. The van der Waals surface area contributed by atoms with Gasteiger partial charge in [-0.15, -0.1) is 0 Å². The second-order valence-corrected chi connectivity index (χ2v) is 6.00. The van der Waals surface area contributed by atoms with Gasteiger partial charge in [0, 0.05) is 17.3 Å². The number of amides is 3. The molecule has 3 rings (SSSR count). The van der Waals surface area contributed by atoms with Crippen molar-refractivity contribution in [3.63, 3.8) is 0 Å². The van der Waals surface area contributed by atoms with E-state index in [1.807, 2.05) is 0 Å². The summed E-state index contributed by atoms with van der Waals surface area (Å²) in [7, 11) is 2.96. The lowest BCUT2D eigenvalue weighted by atomic mass is 9.88. The molecule has 2 aromatic rings. The summed E-state index contributed by atoms with van der Waals surface area (Å²) in [5.41, 5.74) is -0.821. The molecule has 0 radical (unpaired) electrons. The third kappa shape index (κ3) is 2.79. The predicted octanol–water partition coefficient (Wildman–Crippen LogP) is 0.909. The highest BCUT2D eigenvalue weighted by molar-refractivity contribution is 6.07. The first-order chi connectivity index (χ1) is 12.4. The van der Waals surface area contributed by atoms with E-state index in [0.29, 0.717) is 22.6 Å². The molecule has 2 N–H and O–H groups in total. The number of nitrogens with zero attached hydrogens (tertiary/aromatic N) is 1. The van der Waals surface area contributed by atoms with Crippen LogP contribution >= 0.6 is 0 Å². The van der Waals surface area contributed by atoms with Crippen molar-refractivity contribution in [3.8, 4) is 11.5 Å². The average Bonchev–Trinajstić information content (AvgIpc) is 2.92. The van der Waals surface area contributed by atoms with Crippen molar-refractivity contribution in [2.45, 2.75) is 19.0 Å². The van der Waals surface area contributed by atoms with E-state index < -0.39 is 17.5 Å². The molecule has 1 aliphatic heterocycles. The Bertz CT molecular complexity index is 937. The van der Waals surface area contributed by atoms with Crippen LogP contribution in [0.15, 0.2) is 41.3 Å². The molecule has 1 aliphatic rings. The Balaban J connectivity index is 2.21. The molecule has 1 saturated heterocycles. The minimum absolute atomic E-state index is 0.0887. The molecule has 26 heavy (non-hydrogen) atoms. The van der Waals surface area contributed by atoms with Gasteiger partial charge in [0.15, 0.2) is 5.54 Å². The van der Waals surface area contributed by atoms with Crippen molar-refractivity contribution in [2.24, 2.45) is 0 Å². The molecule has 1 aromatic carbocycles. The van der Waals surface area contributed by atoms with Gasteiger partial charge in [0.2, 0.25) is 0 Å². The maximum atomic E-state index is 12.8. The highest BCUT2D eigenvalue weighted by Gasteiger charge is 2.50. The highest BCUT2D eigenvalue weighted by Crippen LogP contribution is 2.36. The van der Waals surface area contributed by atoms with Crippen molar-refractivity contribution in [1.82, 2.24) is 15.2 Å². The topological polar surface area (TPSA) is 98.7 Å². The smallest absolute Gasteiger partial charge is 0.322 e. The number of benzene rings is 1. The van der Waals surface area contributed by atoms with Crippen LogP contribution in [0.5, 0.6) is 11.5 Å². The molecule has 1 fully saturated rings. The monoisotopic (exact) mass is 357 g/mol. The molecule has 1 aromatic heterocycles. The molecule has 8 nitrogen and oxygen atoms in total. The number of aromatic nitrogens is 1. The number of urea groups is 1. The minimum Gasteiger partial charge on any atom is -0.497 e. The van der Waals surface area contributed by atoms with Crippen molar-refractivity contribution in [2.75, 3.05) is 14.2 Å². The van der Waals surface area contributed by atoms with E-state index >= 15 is 0 Å². The van der Waals surface area contributed by atoms with E-state index in [1.165, 1.54) is 18.8 Å². The van der Waals surface area contributed by atoms with Gasteiger partial charge in [-0.2, -0.15) is 0 Å². The van der Waals surface area contributed by atoms with Gasteiger partial charge in [0.1, 0.15) is 11.5 Å². The first kappa shape index (κ1) is 17.5. The number of nitrogens with one attached hydrogen (secondary N) is 2. The number of ether oxygens (including phenoxy) is 2. The summed E-state index contributed by atoms with van der Waals surface area (Å²) in [6, 6.07) is 7.70. The predicted molar refractivity (Wildman–Crippen MR) is 93.3 cm³/mol. The Kier molecular flexibility index (Phi) is 4.41. The van der Waals surface area contributed by atoms with Crippen molar-refractivity contribution in [1.29, 1.82) is 0 Å². The summed E-state index contributed by atoms with van der Waals surface area (Å²) >= 11 is 0. The first-order valence-electron chi connectivity index (χ1n) is 7.93. The lowest BCUT2D eigenvalue weighted by molar-refractivity contribution is -0.124. The second kappa shape index (κ2) is 6.55. The summed E-state index contributed by atoms with van der Waals surface area (Å²) in [4.78, 5) is 37.2. The maximum Gasteiger partial charge on any atom is 0.322 e. The number of hydrogen-bond donors (Lipinski definition) is 2. The second-order valence-electron chi connectivity index (χ2n) is 6.00. The van der Waals surface area contributed by atoms with E-state index in [4.69, 9.17) is 9.47 Å².